The van der Waals surface area contributed by atoms with Crippen LogP contribution in [0.15, 0.2) is 95.8 Å². The standard InChI is InChI=1S/C28H37NO8S.C22H27NO7S2.C20H25N5O6S.C18H25NO5S/c1-5-34-25(30)22(26(31)35-6-2)16-21(17-29-28(33)37-18-20-11-9-8-10-12-20)13-14-23-19(4)15-24(38-23)27(32)36-7-3;1-4-28-21(24)20-12-16(2)19(31-20)11-10-18(15-30-32(3,26)27)13-23-22(25)29-14-17-8-6-5-7-9-17;1-9-6-14(18(29)23-12(19(30)31)3-5-15(26)27)32-13(9)4-2-10-7-11-16(22-8-10)24-20(21)25-17(11)28;1-4-23-17(21)13-9-12(10-19-16(13)20)6-7-14-11(3)8-15(25-14)18(22)24-5-2/h8-12,15,21-22H,5-7,13-14,16-18H2,1-4H3,(H,29,33);5-12,18H,4,13-15H2,1-3H3,(H,23,25);6,10,12H,2-5,7-8H2,1H3,(H,23,29)(H,26,27)(H,30,31)(H4,21,22,24,25,28);8,12-13H,4-7,9-10H2,1-3H3,(H,19,20)/b;11-10+;;/t;;10?,12-;/m..0./s1. The molecule has 7 heterocycles. The van der Waals surface area contributed by atoms with Crippen LogP contribution in [0.2, 0.25) is 0 Å². The second kappa shape index (κ2) is 53.9. The molecule has 0 saturated carbocycles. The van der Waals surface area contributed by atoms with Crippen LogP contribution in [0.25, 0.3) is 6.08 Å². The number of carboxylic acid groups (broad SMARTS) is 2. The van der Waals surface area contributed by atoms with E-state index in [1.165, 1.54) is 45.3 Å². The van der Waals surface area contributed by atoms with Gasteiger partial charge in [0.05, 0.1) is 62.9 Å². The van der Waals surface area contributed by atoms with Crippen molar-refractivity contribution in [1.29, 1.82) is 0 Å². The van der Waals surface area contributed by atoms with E-state index in [0.717, 1.165) is 78.4 Å². The monoisotopic (exact) mass is 1860 g/mol. The predicted molar refractivity (Wildman–Crippen MR) is 478 cm³/mol. The average Bonchev–Trinajstić information content (AvgIpc) is 1.65. The van der Waals surface area contributed by atoms with E-state index < -0.39 is 81.9 Å². The van der Waals surface area contributed by atoms with E-state index in [0.29, 0.717) is 89.3 Å². The number of nitrogens with two attached hydrogens (primary N) is 1. The van der Waals surface area contributed by atoms with Gasteiger partial charge in [-0.15, -0.1) is 45.3 Å². The van der Waals surface area contributed by atoms with Crippen LogP contribution in [0, 0.1) is 63.2 Å². The molecule has 0 radical (unpaired) electrons. The van der Waals surface area contributed by atoms with Gasteiger partial charge in [-0.05, 0) is 215 Å². The maximum absolute atomic E-state index is 12.6. The first kappa shape index (κ1) is 104. The number of aliphatic carboxylic acids is 2. The van der Waals surface area contributed by atoms with E-state index in [1.54, 1.807) is 71.9 Å². The Morgan fingerprint density at radius 3 is 1.58 bits per heavy atom. The zero-order chi connectivity index (χ0) is 93.3. The van der Waals surface area contributed by atoms with Crippen LogP contribution in [-0.2, 0) is 120 Å². The number of esters is 6. The lowest BCUT2D eigenvalue weighted by Crippen LogP contribution is -2.45. The van der Waals surface area contributed by atoms with E-state index in [2.05, 4.69) is 36.6 Å². The van der Waals surface area contributed by atoms with Gasteiger partial charge >= 0.3 is 59.9 Å². The Balaban J connectivity index is 0.000000264. The van der Waals surface area contributed by atoms with Crippen molar-refractivity contribution in [3.63, 3.8) is 0 Å². The molecule has 127 heavy (non-hydrogen) atoms. The van der Waals surface area contributed by atoms with Crippen LogP contribution in [0.4, 0.5) is 21.4 Å². The highest BCUT2D eigenvalue weighted by atomic mass is 32.2. The normalized spacial score (nSPS) is 14.6. The molecule has 5 unspecified atom stereocenters. The Labute approximate surface area is 753 Å². The molecule has 9 rings (SSSR count). The molecule has 0 aliphatic carbocycles. The fourth-order valence-electron chi connectivity index (χ4n) is 13.0. The quantitative estimate of drug-likeness (QED) is 0.00742. The number of aromatic nitrogens is 2. The van der Waals surface area contributed by atoms with Crippen LogP contribution >= 0.6 is 45.3 Å². The number of H-pyrrole nitrogens is 1. The summed E-state index contributed by atoms with van der Waals surface area (Å²) in [5.41, 5.74) is 11.5. The summed E-state index contributed by atoms with van der Waals surface area (Å²) < 4.78 is 68.6. The van der Waals surface area contributed by atoms with Crippen LogP contribution < -0.4 is 37.9 Å². The number of carbonyl (C=O) groups excluding carboxylic acids is 10. The molecule has 2 aliphatic heterocycles. The maximum Gasteiger partial charge on any atom is 0.407 e. The number of benzene rings is 2. The number of rotatable bonds is 42. The SMILES string of the molecule is CCOC(=O)c1cc(C)c(/C=C/C(CNC(=O)OCc2ccccc2)COS(C)(=O)=O)s1.CCOC(=O)c1cc(C)c(CCC(CNC(=O)OCc2ccccc2)CC(C(=O)OCC)C(=O)OCC)s1.CCOC(=O)c1cc(C)c(CCC2CNC(=O)C(C(=O)OCC)C2)s1.Cc1cc(C(=O)N[C@@H](CCC(=O)O)C(=O)O)sc1CCC1CNc2nc(N)[nH]c(=O)c2C1. The Bertz CT molecular complexity index is 5020. The Morgan fingerprint density at radius 1 is 0.591 bits per heavy atom. The zero-order valence-electron chi connectivity index (χ0n) is 73.0. The molecular formula is C88H114N8O26S5. The summed E-state index contributed by atoms with van der Waals surface area (Å²) in [7, 11) is -3.64. The number of aryl methyl sites for hydroxylation is 7. The molecule has 34 nitrogen and oxygen atoms in total. The average molecular weight is 1860 g/mol. The van der Waals surface area contributed by atoms with Crippen molar-refractivity contribution < 1.29 is 118 Å². The van der Waals surface area contributed by atoms with Gasteiger partial charge in [0.1, 0.15) is 45.6 Å². The van der Waals surface area contributed by atoms with Gasteiger partial charge < -0.3 is 80.4 Å². The number of nitrogens with one attached hydrogen (secondary N) is 6. The van der Waals surface area contributed by atoms with Gasteiger partial charge in [-0.2, -0.15) is 13.4 Å². The first-order valence-electron chi connectivity index (χ1n) is 41.5. The Morgan fingerprint density at radius 2 is 1.07 bits per heavy atom. The van der Waals surface area contributed by atoms with Crippen molar-refractivity contribution in [2.75, 3.05) is 89.7 Å². The number of piperidine rings is 1. The van der Waals surface area contributed by atoms with Gasteiger partial charge in [-0.1, -0.05) is 66.7 Å². The minimum atomic E-state index is -3.64. The summed E-state index contributed by atoms with van der Waals surface area (Å²) in [5, 5.41) is 31.7. The fraction of sp³-hybridized carbons (Fsp3) is 0.477. The molecule has 10 N–H and O–H groups in total. The third-order valence-corrected chi connectivity index (χ3v) is 25.2. The molecule has 39 heteroatoms. The van der Waals surface area contributed by atoms with Gasteiger partial charge in [-0.25, -0.2) is 28.8 Å². The number of carbonyl (C=O) groups is 12. The number of aromatic amines is 1. The molecular weight excluding hydrogens is 1750 g/mol. The number of nitrogen functional groups attached to an aromatic ring is 1. The number of hydrogen-bond donors (Lipinski definition) is 9. The molecule has 2 aliphatic rings. The highest BCUT2D eigenvalue weighted by Gasteiger charge is 2.36. The minimum Gasteiger partial charge on any atom is -0.481 e. The van der Waals surface area contributed by atoms with Crippen molar-refractivity contribution in [3.8, 4) is 0 Å². The Kier molecular flexibility index (Phi) is 44.3. The third kappa shape index (κ3) is 36.5. The van der Waals surface area contributed by atoms with Crippen molar-refractivity contribution in [2.45, 2.75) is 159 Å². The number of fused-ring (bicyclic) bond motifs is 1. The highest BCUT2D eigenvalue weighted by molar-refractivity contribution is 7.86. The van der Waals surface area contributed by atoms with Gasteiger partial charge in [0.15, 0.2) is 5.92 Å². The minimum absolute atomic E-state index is 0.0767. The summed E-state index contributed by atoms with van der Waals surface area (Å²) in [5.74, 6) is -7.47. The second-order valence-corrected chi connectivity index (χ2v) is 35.6. The molecule has 692 valence electrons. The molecule has 5 aromatic heterocycles. The van der Waals surface area contributed by atoms with Gasteiger partial charge in [0, 0.05) is 58.0 Å². The smallest absolute Gasteiger partial charge is 0.407 e. The van der Waals surface area contributed by atoms with E-state index >= 15 is 0 Å². The van der Waals surface area contributed by atoms with E-state index in [9.17, 15) is 75.9 Å². The molecule has 4 amide bonds. The molecule has 0 spiro atoms. The van der Waals surface area contributed by atoms with Crippen LogP contribution in [0.5, 0.6) is 0 Å². The maximum atomic E-state index is 12.6. The van der Waals surface area contributed by atoms with Crippen molar-refractivity contribution in [2.24, 2.45) is 35.5 Å². The van der Waals surface area contributed by atoms with Crippen molar-refractivity contribution >= 4 is 145 Å². The van der Waals surface area contributed by atoms with Crippen molar-refractivity contribution in [1.82, 2.24) is 31.2 Å². The molecule has 2 aromatic carbocycles. The summed E-state index contributed by atoms with van der Waals surface area (Å²) in [6, 6.07) is 24.4. The number of ether oxygens (including phenoxy) is 8. The molecule has 0 bridgehead atoms. The fourth-order valence-corrected chi connectivity index (χ4v) is 17.6. The van der Waals surface area contributed by atoms with Gasteiger partial charge in [0.25, 0.3) is 21.6 Å². The predicted octanol–water partition coefficient (Wildman–Crippen LogP) is 12.1. The Hall–Kier alpha value is -11.4. The second-order valence-electron chi connectivity index (χ2n) is 29.4. The first-order chi connectivity index (χ1) is 60.5. The van der Waals surface area contributed by atoms with E-state index in [1.807, 2.05) is 94.4 Å². The number of nitrogens with zero attached hydrogens (tertiary/aromatic N) is 1. The largest absolute Gasteiger partial charge is 0.481 e. The topological polar surface area (TPSA) is 494 Å². The zero-order valence-corrected chi connectivity index (χ0v) is 77.1. The van der Waals surface area contributed by atoms with Crippen LogP contribution in [0.1, 0.15) is 184 Å². The first-order valence-corrected chi connectivity index (χ1v) is 46.6. The lowest BCUT2D eigenvalue weighted by molar-refractivity contribution is -0.163. The van der Waals surface area contributed by atoms with E-state index in [4.69, 9.17) is 52.9 Å². The van der Waals surface area contributed by atoms with Gasteiger partial charge in [-0.3, -0.25) is 42.7 Å². The molecule has 6 atom stereocenters. The summed E-state index contributed by atoms with van der Waals surface area (Å²) in [6.45, 7) is 21.1. The summed E-state index contributed by atoms with van der Waals surface area (Å²) in [4.78, 5) is 168. The lowest BCUT2D eigenvalue weighted by atomic mass is 9.86. The van der Waals surface area contributed by atoms with E-state index in [-0.39, 0.29) is 132 Å². The molecule has 1 fully saturated rings. The number of amides is 4. The molecule has 1 saturated heterocycles. The van der Waals surface area contributed by atoms with Crippen LogP contribution in [0.3, 0.4) is 0 Å². The summed E-state index contributed by atoms with van der Waals surface area (Å²) in [6.07, 6.45) is 8.20. The van der Waals surface area contributed by atoms with Crippen molar-refractivity contribution in [3.05, 3.63) is 179 Å². The van der Waals surface area contributed by atoms with Gasteiger partial charge in [0.2, 0.25) is 11.9 Å². The number of thiophene rings is 4. The highest BCUT2D eigenvalue weighted by Crippen LogP contribution is 2.33. The number of carboxylic acids is 2. The number of anilines is 2. The summed E-state index contributed by atoms with van der Waals surface area (Å²) >= 11 is 5.37. The number of alkyl carbamates (subject to hydrolysis) is 2. The molecule has 7 aromatic rings. The van der Waals surface area contributed by atoms with Crippen LogP contribution in [-0.4, -0.2) is 185 Å². The third-order valence-electron chi connectivity index (χ3n) is 19.6. The number of hydrogen-bond acceptors (Lipinski definition) is 31. The lowest BCUT2D eigenvalue weighted by Gasteiger charge is -2.27.